The van der Waals surface area contributed by atoms with Crippen molar-refractivity contribution in [3.05, 3.63) is 157 Å². The lowest BCUT2D eigenvalue weighted by molar-refractivity contribution is -0.985. The first kappa shape index (κ1) is 33.8. The molecule has 4 bridgehead atoms. The van der Waals surface area contributed by atoms with Crippen molar-refractivity contribution >= 4 is 21.5 Å². The van der Waals surface area contributed by atoms with Gasteiger partial charge in [-0.1, -0.05) is 115 Å². The Morgan fingerprint density at radius 2 is 1.00 bits per heavy atom. The molecule has 0 aliphatic carbocycles. The van der Waals surface area contributed by atoms with Gasteiger partial charge in [-0.3, -0.25) is 0 Å². The Morgan fingerprint density at radius 3 is 1.46 bits per heavy atom. The zero-order chi connectivity index (χ0) is 35.5. The lowest BCUT2D eigenvalue weighted by Gasteiger charge is -2.58. The van der Waals surface area contributed by atoms with Crippen LogP contribution in [-0.4, -0.2) is 57.4 Å². The van der Waals surface area contributed by atoms with Gasteiger partial charge in [-0.2, -0.15) is 0 Å². The molecule has 0 spiro atoms. The molecule has 5 aromatic rings. The lowest BCUT2D eigenvalue weighted by atomic mass is 9.70. The van der Waals surface area contributed by atoms with E-state index in [0.717, 1.165) is 83.0 Å². The van der Waals surface area contributed by atoms with Gasteiger partial charge in [0.15, 0.2) is 0 Å². The van der Waals surface area contributed by atoms with Crippen molar-refractivity contribution in [2.45, 2.75) is 63.1 Å². The highest BCUT2D eigenvalue weighted by Crippen LogP contribution is 2.50. The topological polar surface area (TPSA) is 40.5 Å². The number of aliphatic hydroxyl groups is 2. The van der Waals surface area contributed by atoms with Gasteiger partial charge >= 0.3 is 0 Å². The van der Waals surface area contributed by atoms with Crippen LogP contribution in [0.15, 0.2) is 135 Å². The molecule has 6 aliphatic heterocycles. The van der Waals surface area contributed by atoms with Gasteiger partial charge in [0.1, 0.15) is 37.4 Å². The first-order chi connectivity index (χ1) is 25.4. The second kappa shape index (κ2) is 13.4. The van der Waals surface area contributed by atoms with Crippen LogP contribution in [0.4, 0.5) is 0 Å². The molecule has 4 heteroatoms. The number of rotatable bonds is 10. The average molecular weight is 691 g/mol. The molecule has 8 unspecified atom stereocenters. The number of nitrogens with zero attached hydrogens (tertiary/aromatic N) is 2. The number of hydrogen-bond acceptors (Lipinski definition) is 2. The maximum absolute atomic E-state index is 12.3. The van der Waals surface area contributed by atoms with E-state index in [2.05, 4.69) is 135 Å². The van der Waals surface area contributed by atoms with Crippen LogP contribution in [0.25, 0.3) is 21.5 Å². The third-order valence-electron chi connectivity index (χ3n) is 14.4. The summed E-state index contributed by atoms with van der Waals surface area (Å²) in [5.74, 6) is 2.12. The van der Waals surface area contributed by atoms with Crippen LogP contribution in [0.2, 0.25) is 0 Å². The van der Waals surface area contributed by atoms with Crippen molar-refractivity contribution < 1.29 is 19.2 Å². The Kier molecular flexibility index (Phi) is 8.71. The first-order valence-electron chi connectivity index (χ1n) is 19.8. The second-order valence-electron chi connectivity index (χ2n) is 16.9. The average Bonchev–Trinajstić information content (AvgIpc) is 3.19. The van der Waals surface area contributed by atoms with Gasteiger partial charge in [0.05, 0.1) is 26.2 Å². The van der Waals surface area contributed by atoms with E-state index in [0.29, 0.717) is 23.7 Å². The van der Waals surface area contributed by atoms with E-state index in [1.54, 1.807) is 0 Å². The second-order valence-corrected chi connectivity index (χ2v) is 16.9. The summed E-state index contributed by atoms with van der Waals surface area (Å²) in [7, 11) is 0. The third-order valence-corrected chi connectivity index (χ3v) is 14.4. The van der Waals surface area contributed by atoms with E-state index in [9.17, 15) is 10.2 Å². The minimum atomic E-state index is -0.525. The smallest absolute Gasteiger partial charge is 0.131 e. The molecule has 6 fully saturated rings. The molecule has 266 valence electrons. The van der Waals surface area contributed by atoms with Crippen LogP contribution >= 0.6 is 0 Å². The molecule has 0 amide bonds. The molecule has 6 heterocycles. The molecule has 6 aliphatic rings. The van der Waals surface area contributed by atoms with Crippen molar-refractivity contribution in [3.63, 3.8) is 0 Å². The maximum atomic E-state index is 12.3. The van der Waals surface area contributed by atoms with Crippen LogP contribution in [0, 0.1) is 23.7 Å². The maximum Gasteiger partial charge on any atom is 0.131 e. The monoisotopic (exact) mass is 690 g/mol. The van der Waals surface area contributed by atoms with Gasteiger partial charge < -0.3 is 19.2 Å². The Morgan fingerprint density at radius 1 is 0.577 bits per heavy atom. The fourth-order valence-corrected chi connectivity index (χ4v) is 11.7. The fraction of sp³-hybridized carbons (Fsp3) is 0.375. The molecule has 4 nitrogen and oxygen atoms in total. The van der Waals surface area contributed by atoms with Crippen LogP contribution < -0.4 is 0 Å². The van der Waals surface area contributed by atoms with Gasteiger partial charge in [-0.25, -0.2) is 0 Å². The molecule has 0 aromatic heterocycles. The predicted octanol–water partition coefficient (Wildman–Crippen LogP) is 9.28. The summed E-state index contributed by atoms with van der Waals surface area (Å²) in [4.78, 5) is 0. The quantitative estimate of drug-likeness (QED) is 0.113. The zero-order valence-electron chi connectivity index (χ0n) is 30.4. The van der Waals surface area contributed by atoms with E-state index in [1.165, 1.54) is 34.7 Å². The van der Waals surface area contributed by atoms with E-state index < -0.39 is 12.2 Å². The summed E-state index contributed by atoms with van der Waals surface area (Å²) in [6.07, 6.45) is 7.77. The normalized spacial score (nSPS) is 32.1. The number of benzene rings is 5. The Hall–Kier alpha value is -4.06. The highest BCUT2D eigenvalue weighted by molar-refractivity contribution is 5.86. The summed E-state index contributed by atoms with van der Waals surface area (Å²) in [6.45, 7) is 14.6. The summed E-state index contributed by atoms with van der Waals surface area (Å²) in [5, 5.41) is 29.4. The molecule has 52 heavy (non-hydrogen) atoms. The molecule has 11 rings (SSSR count). The molecule has 0 radical (unpaired) electrons. The van der Waals surface area contributed by atoms with Gasteiger partial charge in [-0.05, 0) is 50.6 Å². The van der Waals surface area contributed by atoms with Crippen molar-refractivity contribution in [2.24, 2.45) is 23.7 Å². The number of aliphatic hydroxyl groups excluding tert-OH is 2. The summed E-state index contributed by atoms with van der Waals surface area (Å²) >= 11 is 0. The van der Waals surface area contributed by atoms with E-state index >= 15 is 0 Å². The lowest BCUT2D eigenvalue weighted by Crippen LogP contribution is -2.67. The van der Waals surface area contributed by atoms with Gasteiger partial charge in [0, 0.05) is 48.6 Å². The molecule has 0 saturated carbocycles. The number of quaternary nitrogens is 2. The van der Waals surface area contributed by atoms with Gasteiger partial charge in [0.25, 0.3) is 0 Å². The largest absolute Gasteiger partial charge is 0.382 e. The number of hydrogen-bond donors (Lipinski definition) is 2. The fourth-order valence-electron chi connectivity index (χ4n) is 11.7. The first-order valence-corrected chi connectivity index (χ1v) is 19.8. The number of fused-ring (bicyclic) bond motifs is 8. The summed E-state index contributed by atoms with van der Waals surface area (Å²) in [5.41, 5.74) is 4.84. The van der Waals surface area contributed by atoms with Crippen molar-refractivity contribution in [1.29, 1.82) is 0 Å². The van der Waals surface area contributed by atoms with Crippen molar-refractivity contribution in [1.82, 2.24) is 0 Å². The van der Waals surface area contributed by atoms with Crippen LogP contribution in [0.5, 0.6) is 0 Å². The molecule has 6 saturated heterocycles. The summed E-state index contributed by atoms with van der Waals surface area (Å²) < 4.78 is 1.81. The van der Waals surface area contributed by atoms with Crippen molar-refractivity contribution in [3.8, 4) is 0 Å². The van der Waals surface area contributed by atoms with E-state index in [4.69, 9.17) is 0 Å². The summed E-state index contributed by atoms with van der Waals surface area (Å²) in [6, 6.07) is 39.5. The predicted molar refractivity (Wildman–Crippen MR) is 212 cm³/mol. The number of piperidine rings is 6. The minimum Gasteiger partial charge on any atom is -0.382 e. The standard InChI is InChI=1S/C48H54N2O2/c1-3-35-31-49(24-22-39(35)27-45(49)47(51)43-20-10-16-37-14-5-7-18-41(37)43)29-33-12-9-13-34(26-33)30-50-25-23-40(36(4-2)32-50)28-46(50)48(52)44-21-11-17-38-15-6-8-19-42(38)44/h3-21,26,35-36,39-40,45-48,51-52H,1-2,22-25,27-32H2/q+2/t35?,36?,39?,40?,45?,46?,47-,48-,49?,50?/m0/s1. The van der Waals surface area contributed by atoms with Crippen LogP contribution in [0.3, 0.4) is 0 Å². The van der Waals surface area contributed by atoms with Crippen molar-refractivity contribution in [2.75, 3.05) is 26.2 Å². The molecular weight excluding hydrogens is 637 g/mol. The molecule has 5 aromatic carbocycles. The highest BCUT2D eigenvalue weighted by Gasteiger charge is 2.55. The third kappa shape index (κ3) is 5.67. The van der Waals surface area contributed by atoms with E-state index in [-0.39, 0.29) is 12.1 Å². The van der Waals surface area contributed by atoms with Gasteiger partial charge in [-0.15, -0.1) is 13.2 Å². The Balaban J connectivity index is 1.04. The SMILES string of the molecule is C=CC1C[N+]2(Cc3cccc(C[N+]45CCC(CC4[C@@H](O)c4cccc6ccccc46)C(C=C)C5)c3)CCC1CC2[C@@H](O)c1cccc2ccccc12. The van der Waals surface area contributed by atoms with E-state index in [1.807, 2.05) is 0 Å². The van der Waals surface area contributed by atoms with Crippen LogP contribution in [-0.2, 0) is 13.1 Å². The minimum absolute atomic E-state index is 0.140. The molecule has 10 atom stereocenters. The zero-order valence-corrected chi connectivity index (χ0v) is 30.4. The Labute approximate surface area is 309 Å². The highest BCUT2D eigenvalue weighted by atomic mass is 16.3. The van der Waals surface area contributed by atoms with Crippen LogP contribution in [0.1, 0.15) is 60.1 Å². The Bertz CT molecular complexity index is 1970. The van der Waals surface area contributed by atoms with Gasteiger partial charge in [0.2, 0.25) is 0 Å². The molecule has 2 N–H and O–H groups in total. The molecular formula is C48H54N2O2+2.